The molecule has 62 valence electrons. The number of aromatic amines is 1. The molecule has 2 heterocycles. The lowest BCUT2D eigenvalue weighted by atomic mass is 10.2. The summed E-state index contributed by atoms with van der Waals surface area (Å²) in [5, 5.41) is 1.21. The summed E-state index contributed by atoms with van der Waals surface area (Å²) in [4.78, 5) is 7.32. The highest BCUT2D eigenvalue weighted by Crippen LogP contribution is 2.16. The Morgan fingerprint density at radius 3 is 3.17 bits per heavy atom. The van der Waals surface area contributed by atoms with Crippen LogP contribution in [0.4, 0.5) is 0 Å². The Hall–Kier alpha value is -1.35. The maximum atomic E-state index is 5.49. The molecule has 0 radical (unpaired) electrons. The number of nitrogens with zero attached hydrogens (tertiary/aromatic N) is 1. The van der Waals surface area contributed by atoms with Crippen molar-refractivity contribution in [2.75, 3.05) is 0 Å². The quantitative estimate of drug-likeness (QED) is 0.663. The predicted molar refractivity (Wildman–Crippen MR) is 48.7 cm³/mol. The summed E-state index contributed by atoms with van der Waals surface area (Å²) in [7, 11) is 0. The number of pyridine rings is 1. The molecule has 0 aliphatic carbocycles. The molecule has 0 spiro atoms. The molecule has 2 rings (SSSR count). The van der Waals surface area contributed by atoms with Crippen molar-refractivity contribution in [3.8, 4) is 0 Å². The maximum Gasteiger partial charge on any atom is 0.0643 e. The van der Waals surface area contributed by atoms with Gasteiger partial charge in [-0.15, -0.1) is 0 Å². The Labute approximate surface area is 70.6 Å². The van der Waals surface area contributed by atoms with Crippen LogP contribution in [0, 0.1) is 6.92 Å². The van der Waals surface area contributed by atoms with Crippen LogP contribution in [0.15, 0.2) is 18.5 Å². The molecule has 0 aliphatic heterocycles. The van der Waals surface area contributed by atoms with Crippen LogP contribution in [0.3, 0.4) is 0 Å². The van der Waals surface area contributed by atoms with Crippen LogP contribution < -0.4 is 5.73 Å². The number of nitrogens with one attached hydrogen (secondary N) is 1. The standard InChI is InChI=1S/C9H11N3/c1-6-4-12-9-5-11-7(3-10)2-8(6)9/h2,4-5,12H,3,10H2,1H3. The summed E-state index contributed by atoms with van der Waals surface area (Å²) < 4.78 is 0. The Kier molecular flexibility index (Phi) is 1.59. The van der Waals surface area contributed by atoms with Crippen LogP contribution in [-0.4, -0.2) is 9.97 Å². The molecule has 3 N–H and O–H groups in total. The molecule has 0 aromatic carbocycles. The predicted octanol–water partition coefficient (Wildman–Crippen LogP) is 1.33. The van der Waals surface area contributed by atoms with Crippen LogP contribution in [0.5, 0.6) is 0 Å². The average molecular weight is 161 g/mol. The molecular formula is C9H11N3. The second-order valence-electron chi connectivity index (χ2n) is 2.90. The number of hydrogen-bond donors (Lipinski definition) is 2. The monoisotopic (exact) mass is 161 g/mol. The van der Waals surface area contributed by atoms with Crippen molar-refractivity contribution in [3.05, 3.63) is 29.7 Å². The molecule has 0 unspecified atom stereocenters. The number of hydrogen-bond acceptors (Lipinski definition) is 2. The van der Waals surface area contributed by atoms with Gasteiger partial charge in [0.15, 0.2) is 0 Å². The van der Waals surface area contributed by atoms with E-state index in [0.29, 0.717) is 6.54 Å². The van der Waals surface area contributed by atoms with Gasteiger partial charge >= 0.3 is 0 Å². The first-order chi connectivity index (χ1) is 5.81. The largest absolute Gasteiger partial charge is 0.360 e. The number of fused-ring (bicyclic) bond motifs is 1. The van der Waals surface area contributed by atoms with Gasteiger partial charge in [0.2, 0.25) is 0 Å². The van der Waals surface area contributed by atoms with E-state index in [2.05, 4.69) is 16.9 Å². The molecule has 12 heavy (non-hydrogen) atoms. The van der Waals surface area contributed by atoms with Crippen LogP contribution >= 0.6 is 0 Å². The van der Waals surface area contributed by atoms with Crippen molar-refractivity contribution in [1.82, 2.24) is 9.97 Å². The topological polar surface area (TPSA) is 54.7 Å². The first-order valence-electron chi connectivity index (χ1n) is 3.94. The lowest BCUT2D eigenvalue weighted by Gasteiger charge is -1.95. The highest BCUT2D eigenvalue weighted by molar-refractivity contribution is 5.82. The van der Waals surface area contributed by atoms with Crippen LogP contribution in [0.2, 0.25) is 0 Å². The minimum atomic E-state index is 0.501. The minimum Gasteiger partial charge on any atom is -0.360 e. The van der Waals surface area contributed by atoms with E-state index >= 15 is 0 Å². The fourth-order valence-corrected chi connectivity index (χ4v) is 1.32. The number of H-pyrrole nitrogens is 1. The number of nitrogens with two attached hydrogens (primary N) is 1. The highest BCUT2D eigenvalue weighted by atomic mass is 14.8. The van der Waals surface area contributed by atoms with E-state index in [-0.39, 0.29) is 0 Å². The SMILES string of the molecule is Cc1c[nH]c2cnc(CN)cc12. The van der Waals surface area contributed by atoms with Gasteiger partial charge in [0, 0.05) is 18.1 Å². The van der Waals surface area contributed by atoms with Crippen molar-refractivity contribution in [2.45, 2.75) is 13.5 Å². The second-order valence-corrected chi connectivity index (χ2v) is 2.90. The van der Waals surface area contributed by atoms with Crippen molar-refractivity contribution in [2.24, 2.45) is 5.73 Å². The van der Waals surface area contributed by atoms with Crippen LogP contribution in [0.25, 0.3) is 10.9 Å². The maximum absolute atomic E-state index is 5.49. The van der Waals surface area contributed by atoms with Crippen molar-refractivity contribution < 1.29 is 0 Å². The summed E-state index contributed by atoms with van der Waals surface area (Å²) in [6, 6.07) is 2.03. The fraction of sp³-hybridized carbons (Fsp3) is 0.222. The molecule has 0 amide bonds. The minimum absolute atomic E-state index is 0.501. The average Bonchev–Trinajstić information content (AvgIpc) is 2.47. The third kappa shape index (κ3) is 0.987. The van der Waals surface area contributed by atoms with Crippen molar-refractivity contribution in [1.29, 1.82) is 0 Å². The van der Waals surface area contributed by atoms with Gasteiger partial charge in [0.1, 0.15) is 0 Å². The van der Waals surface area contributed by atoms with E-state index in [1.807, 2.05) is 18.5 Å². The number of rotatable bonds is 1. The van der Waals surface area contributed by atoms with Crippen LogP contribution in [0.1, 0.15) is 11.3 Å². The van der Waals surface area contributed by atoms with Gasteiger partial charge in [-0.1, -0.05) is 0 Å². The molecule has 0 aliphatic rings. The third-order valence-electron chi connectivity index (χ3n) is 2.04. The lowest BCUT2D eigenvalue weighted by molar-refractivity contribution is 0.997. The molecule has 0 fully saturated rings. The molecule has 3 heteroatoms. The molecule has 0 saturated heterocycles. The van der Waals surface area contributed by atoms with Crippen molar-refractivity contribution >= 4 is 10.9 Å². The summed E-state index contributed by atoms with van der Waals surface area (Å²) in [5.41, 5.74) is 8.73. The van der Waals surface area contributed by atoms with E-state index in [1.54, 1.807) is 0 Å². The van der Waals surface area contributed by atoms with Gasteiger partial charge in [-0.25, -0.2) is 0 Å². The normalized spacial score (nSPS) is 10.8. The van der Waals surface area contributed by atoms with Gasteiger partial charge in [0.05, 0.1) is 17.4 Å². The first-order valence-corrected chi connectivity index (χ1v) is 3.94. The summed E-state index contributed by atoms with van der Waals surface area (Å²) >= 11 is 0. The van der Waals surface area contributed by atoms with Gasteiger partial charge in [-0.3, -0.25) is 4.98 Å². The molecule has 2 aromatic heterocycles. The van der Waals surface area contributed by atoms with Crippen molar-refractivity contribution in [3.63, 3.8) is 0 Å². The van der Waals surface area contributed by atoms with Gasteiger partial charge in [0.25, 0.3) is 0 Å². The zero-order valence-electron chi connectivity index (χ0n) is 6.96. The van der Waals surface area contributed by atoms with E-state index in [4.69, 9.17) is 5.73 Å². The van der Waals surface area contributed by atoms with E-state index in [1.165, 1.54) is 10.9 Å². The Morgan fingerprint density at radius 2 is 2.42 bits per heavy atom. The molecular weight excluding hydrogens is 150 g/mol. The summed E-state index contributed by atoms with van der Waals surface area (Å²) in [6.45, 7) is 2.57. The van der Waals surface area contributed by atoms with E-state index in [0.717, 1.165) is 11.2 Å². The van der Waals surface area contributed by atoms with E-state index in [9.17, 15) is 0 Å². The highest BCUT2D eigenvalue weighted by Gasteiger charge is 2.00. The second kappa shape index (κ2) is 2.60. The zero-order valence-corrected chi connectivity index (χ0v) is 6.96. The fourth-order valence-electron chi connectivity index (χ4n) is 1.32. The third-order valence-corrected chi connectivity index (χ3v) is 2.04. The Bertz CT molecular complexity index is 403. The zero-order chi connectivity index (χ0) is 8.55. The smallest absolute Gasteiger partial charge is 0.0643 e. The van der Waals surface area contributed by atoms with Crippen LogP contribution in [-0.2, 0) is 6.54 Å². The van der Waals surface area contributed by atoms with Gasteiger partial charge in [-0.05, 0) is 18.6 Å². The number of aromatic nitrogens is 2. The lowest BCUT2D eigenvalue weighted by Crippen LogP contribution is -1.98. The van der Waals surface area contributed by atoms with Gasteiger partial charge in [-0.2, -0.15) is 0 Å². The van der Waals surface area contributed by atoms with E-state index < -0.39 is 0 Å². The first kappa shape index (κ1) is 7.31. The summed E-state index contributed by atoms with van der Waals surface area (Å²) in [5.74, 6) is 0. The summed E-state index contributed by atoms with van der Waals surface area (Å²) in [6.07, 6.45) is 3.80. The Morgan fingerprint density at radius 1 is 1.58 bits per heavy atom. The number of aryl methyl sites for hydroxylation is 1. The van der Waals surface area contributed by atoms with Gasteiger partial charge < -0.3 is 10.7 Å². The molecule has 0 bridgehead atoms. The Balaban J connectivity index is 2.71. The molecule has 3 nitrogen and oxygen atoms in total. The molecule has 0 saturated carbocycles. The molecule has 2 aromatic rings. The molecule has 0 atom stereocenters.